The summed E-state index contributed by atoms with van der Waals surface area (Å²) in [6.07, 6.45) is -3.27. The second-order valence-electron chi connectivity index (χ2n) is 9.55. The highest BCUT2D eigenvalue weighted by Crippen LogP contribution is 2.38. The molecule has 2 N–H and O–H groups in total. The number of nitrogens with one attached hydrogen (secondary N) is 1. The van der Waals surface area contributed by atoms with E-state index in [0.29, 0.717) is 16.3 Å². The van der Waals surface area contributed by atoms with Gasteiger partial charge in [0.2, 0.25) is 0 Å². The van der Waals surface area contributed by atoms with E-state index in [4.69, 9.17) is 0 Å². The Labute approximate surface area is 224 Å². The number of phenolic OH excluding ortho intramolecular Hbond substituents is 1. The van der Waals surface area contributed by atoms with Crippen molar-refractivity contribution in [2.45, 2.75) is 38.9 Å². The van der Waals surface area contributed by atoms with Crippen LogP contribution in [0.4, 0.5) is 27.8 Å². The predicted molar refractivity (Wildman–Crippen MR) is 138 cm³/mol. The van der Waals surface area contributed by atoms with Gasteiger partial charge in [0.25, 0.3) is 0 Å². The van der Waals surface area contributed by atoms with Crippen LogP contribution in [0.15, 0.2) is 35.3 Å². The molecule has 1 aliphatic rings. The summed E-state index contributed by atoms with van der Waals surface area (Å²) in [6, 6.07) is 4.59. The minimum absolute atomic E-state index is 0.00955. The number of hydrogen-bond donors (Lipinski definition) is 2. The Balaban J connectivity index is 1.63. The normalized spacial score (nSPS) is 16.2. The fourth-order valence-corrected chi connectivity index (χ4v) is 5.36. The van der Waals surface area contributed by atoms with Crippen molar-refractivity contribution in [2.75, 3.05) is 24.5 Å². The molecule has 1 fully saturated rings. The van der Waals surface area contributed by atoms with Gasteiger partial charge in [0.1, 0.15) is 23.1 Å². The number of halogens is 5. The molecule has 3 heterocycles. The van der Waals surface area contributed by atoms with Gasteiger partial charge in [0, 0.05) is 37.4 Å². The van der Waals surface area contributed by atoms with Gasteiger partial charge in [-0.2, -0.15) is 18.2 Å². The minimum atomic E-state index is -5.02. The highest BCUT2D eigenvalue weighted by atomic mass is 19.4. The maximum atomic E-state index is 16.1. The number of fused-ring (bicyclic) bond motifs is 2. The molecule has 1 unspecified atom stereocenters. The van der Waals surface area contributed by atoms with Crippen LogP contribution < -0.4 is 10.6 Å². The number of aromatic nitrogens is 3. The summed E-state index contributed by atoms with van der Waals surface area (Å²) in [7, 11) is 0. The van der Waals surface area contributed by atoms with Crippen LogP contribution in [0.1, 0.15) is 25.8 Å². The summed E-state index contributed by atoms with van der Waals surface area (Å²) < 4.78 is 70.0. The second-order valence-corrected chi connectivity index (χ2v) is 9.55. The molecule has 0 radical (unpaired) electrons. The molecule has 2 aromatic heterocycles. The van der Waals surface area contributed by atoms with Crippen molar-refractivity contribution in [3.63, 3.8) is 0 Å². The molecule has 4 aromatic rings. The fourth-order valence-electron chi connectivity index (χ4n) is 5.36. The number of carbonyl (C=O) groups excluding carboxylic acids is 1. The van der Waals surface area contributed by atoms with Crippen LogP contribution in [0, 0.1) is 11.6 Å². The van der Waals surface area contributed by atoms with Crippen LogP contribution in [0.5, 0.6) is 5.75 Å². The quantitative estimate of drug-likeness (QED) is 0.351. The number of phenols is 1. The summed E-state index contributed by atoms with van der Waals surface area (Å²) in [5, 5.41) is 11.2. The third-order valence-electron chi connectivity index (χ3n) is 7.22. The number of anilines is 1. The van der Waals surface area contributed by atoms with Gasteiger partial charge >= 0.3 is 17.8 Å². The SMILES string of the molecule is CCc1c(F)ccc2cc(O)cc(-c3ncc4c(N5CCN(C(=O)C(F)(F)F)C(CC)C5)nc(=O)[nH]c4c3F)c12. The Kier molecular flexibility index (Phi) is 6.84. The average molecular weight is 562 g/mol. The number of rotatable bonds is 4. The first-order chi connectivity index (χ1) is 18.9. The Bertz CT molecular complexity index is 1700. The monoisotopic (exact) mass is 561 g/mol. The number of benzene rings is 2. The summed E-state index contributed by atoms with van der Waals surface area (Å²) in [5.41, 5.74) is -0.979. The molecule has 8 nitrogen and oxygen atoms in total. The van der Waals surface area contributed by atoms with Crippen molar-refractivity contribution >= 4 is 33.4 Å². The first-order valence-corrected chi connectivity index (χ1v) is 12.6. The molecular weight excluding hydrogens is 537 g/mol. The topological polar surface area (TPSA) is 102 Å². The predicted octanol–water partition coefficient (Wildman–Crippen LogP) is 4.67. The maximum absolute atomic E-state index is 16.1. The van der Waals surface area contributed by atoms with Gasteiger partial charge < -0.3 is 19.9 Å². The second kappa shape index (κ2) is 10.0. The van der Waals surface area contributed by atoms with E-state index in [-0.39, 0.29) is 66.2 Å². The number of piperazine rings is 1. The summed E-state index contributed by atoms with van der Waals surface area (Å²) >= 11 is 0. The number of H-pyrrole nitrogens is 1. The van der Waals surface area contributed by atoms with Crippen LogP contribution in [-0.2, 0) is 11.2 Å². The molecule has 2 aromatic carbocycles. The Hall–Kier alpha value is -4.29. The summed E-state index contributed by atoms with van der Waals surface area (Å²) in [6.45, 7) is 2.95. The molecule has 1 amide bonds. The van der Waals surface area contributed by atoms with Gasteiger partial charge in [-0.3, -0.25) is 9.78 Å². The number of carbonyl (C=O) groups is 1. The van der Waals surface area contributed by atoms with Gasteiger partial charge in [-0.15, -0.1) is 0 Å². The van der Waals surface area contributed by atoms with E-state index in [9.17, 15) is 32.3 Å². The zero-order valence-electron chi connectivity index (χ0n) is 21.4. The number of amides is 1. The number of nitrogens with zero attached hydrogens (tertiary/aromatic N) is 4. The first-order valence-electron chi connectivity index (χ1n) is 12.6. The number of pyridine rings is 1. The van der Waals surface area contributed by atoms with Gasteiger partial charge in [0.05, 0.1) is 10.9 Å². The molecule has 210 valence electrons. The van der Waals surface area contributed by atoms with Crippen molar-refractivity contribution in [1.29, 1.82) is 0 Å². The third kappa shape index (κ3) is 4.58. The zero-order chi connectivity index (χ0) is 28.9. The van der Waals surface area contributed by atoms with Crippen LogP contribution in [0.25, 0.3) is 32.9 Å². The lowest BCUT2D eigenvalue weighted by molar-refractivity contribution is -0.188. The van der Waals surface area contributed by atoms with E-state index >= 15 is 4.39 Å². The van der Waals surface area contributed by atoms with E-state index in [1.165, 1.54) is 35.4 Å². The van der Waals surface area contributed by atoms with Gasteiger partial charge in [-0.1, -0.05) is 19.9 Å². The molecule has 13 heteroatoms. The standard InChI is InChI=1S/C27H24F5N5O3/c1-3-14-12-36(7-8-37(14)25(39)27(30,31)32)24-18-11-33-22(21(29)23(18)34-26(40)35-24)17-10-15(38)9-13-5-6-19(28)16(4-2)20(13)17/h5-6,9-11,14,38H,3-4,7-8,12H2,1-2H3,(H,34,35,40). The summed E-state index contributed by atoms with van der Waals surface area (Å²) in [5.74, 6) is -3.58. The molecule has 1 atom stereocenters. The van der Waals surface area contributed by atoms with E-state index in [1.54, 1.807) is 13.8 Å². The van der Waals surface area contributed by atoms with Crippen molar-refractivity contribution in [3.8, 4) is 17.0 Å². The number of alkyl halides is 3. The lowest BCUT2D eigenvalue weighted by Crippen LogP contribution is -2.58. The van der Waals surface area contributed by atoms with Crippen molar-refractivity contribution < 1.29 is 31.9 Å². The van der Waals surface area contributed by atoms with Gasteiger partial charge in [0.15, 0.2) is 5.82 Å². The van der Waals surface area contributed by atoms with E-state index < -0.39 is 35.4 Å². The van der Waals surface area contributed by atoms with E-state index in [2.05, 4.69) is 15.0 Å². The average Bonchev–Trinajstić information content (AvgIpc) is 2.91. The van der Waals surface area contributed by atoms with Crippen molar-refractivity contribution in [3.05, 3.63) is 58.1 Å². The number of aryl methyl sites for hydroxylation is 1. The van der Waals surface area contributed by atoms with Crippen LogP contribution >= 0.6 is 0 Å². The minimum Gasteiger partial charge on any atom is -0.508 e. The largest absolute Gasteiger partial charge is 0.508 e. The third-order valence-corrected chi connectivity index (χ3v) is 7.22. The molecule has 0 spiro atoms. The smallest absolute Gasteiger partial charge is 0.471 e. The molecule has 1 saturated heterocycles. The Morgan fingerprint density at radius 2 is 1.93 bits per heavy atom. The van der Waals surface area contributed by atoms with Gasteiger partial charge in [-0.05, 0) is 47.4 Å². The molecular formula is C27H24F5N5O3. The highest BCUT2D eigenvalue weighted by molar-refractivity contribution is 6.01. The first kappa shape index (κ1) is 27.3. The Morgan fingerprint density at radius 3 is 2.60 bits per heavy atom. The zero-order valence-corrected chi connectivity index (χ0v) is 21.4. The number of aromatic amines is 1. The molecule has 40 heavy (non-hydrogen) atoms. The number of aromatic hydroxyl groups is 1. The molecule has 1 aliphatic heterocycles. The van der Waals surface area contributed by atoms with Crippen LogP contribution in [0.3, 0.4) is 0 Å². The van der Waals surface area contributed by atoms with Gasteiger partial charge in [-0.25, -0.2) is 13.6 Å². The number of hydrogen-bond acceptors (Lipinski definition) is 6. The molecule has 0 aliphatic carbocycles. The lowest BCUT2D eigenvalue weighted by atomic mass is 9.94. The van der Waals surface area contributed by atoms with Crippen LogP contribution in [-0.4, -0.2) is 62.7 Å². The fraction of sp³-hybridized carbons (Fsp3) is 0.333. The maximum Gasteiger partial charge on any atom is 0.471 e. The highest BCUT2D eigenvalue weighted by Gasteiger charge is 2.46. The molecule has 0 saturated carbocycles. The molecule has 5 rings (SSSR count). The lowest BCUT2D eigenvalue weighted by Gasteiger charge is -2.41. The van der Waals surface area contributed by atoms with Crippen LogP contribution in [0.2, 0.25) is 0 Å². The summed E-state index contributed by atoms with van der Waals surface area (Å²) in [4.78, 5) is 37.3. The Morgan fingerprint density at radius 1 is 1.18 bits per heavy atom. The van der Waals surface area contributed by atoms with E-state index in [0.717, 1.165) is 4.90 Å². The van der Waals surface area contributed by atoms with Crippen molar-refractivity contribution in [1.82, 2.24) is 19.9 Å². The van der Waals surface area contributed by atoms with Crippen molar-refractivity contribution in [2.24, 2.45) is 0 Å². The van der Waals surface area contributed by atoms with E-state index in [1.807, 2.05) is 0 Å². The molecule has 0 bridgehead atoms.